The maximum absolute atomic E-state index is 12.4. The van der Waals surface area contributed by atoms with E-state index in [4.69, 9.17) is 0 Å². The van der Waals surface area contributed by atoms with Crippen LogP contribution in [-0.2, 0) is 17.9 Å². The van der Waals surface area contributed by atoms with E-state index in [1.54, 1.807) is 12.1 Å². The summed E-state index contributed by atoms with van der Waals surface area (Å²) in [6.07, 6.45) is 0. The normalized spacial score (nSPS) is 10.8. The third-order valence-corrected chi connectivity index (χ3v) is 3.48. The number of aromatic nitrogens is 2. The predicted molar refractivity (Wildman–Crippen MR) is 83.3 cm³/mol. The molecule has 0 aliphatic carbocycles. The number of nitro groups is 1. The van der Waals surface area contributed by atoms with Gasteiger partial charge < -0.3 is 10.1 Å². The molecule has 0 spiro atoms. The first kappa shape index (κ1) is 18.3. The maximum atomic E-state index is 12.4. The maximum Gasteiger partial charge on any atom is 0.387 e. The number of benzene rings is 1. The van der Waals surface area contributed by atoms with Gasteiger partial charge in [-0.25, -0.2) is 0 Å². The van der Waals surface area contributed by atoms with Crippen LogP contribution in [0.4, 0.5) is 14.5 Å². The van der Waals surface area contributed by atoms with Gasteiger partial charge in [-0.15, -0.1) is 0 Å². The zero-order valence-electron chi connectivity index (χ0n) is 13.5. The fraction of sp³-hybridized carbons (Fsp3) is 0.333. The summed E-state index contributed by atoms with van der Waals surface area (Å²) in [6, 6.07) is 6.09. The van der Waals surface area contributed by atoms with Gasteiger partial charge in [-0.1, -0.05) is 18.2 Å². The molecule has 2 aromatic rings. The number of aryl methyl sites for hydroxylation is 1. The number of nitrogens with one attached hydrogen (secondary N) is 1. The molecule has 0 fully saturated rings. The smallest absolute Gasteiger partial charge is 0.387 e. The first-order valence-corrected chi connectivity index (χ1v) is 7.27. The summed E-state index contributed by atoms with van der Waals surface area (Å²) < 4.78 is 30.3. The molecule has 0 saturated heterocycles. The lowest BCUT2D eigenvalue weighted by molar-refractivity contribution is -0.386. The van der Waals surface area contributed by atoms with E-state index in [0.717, 1.165) is 0 Å². The van der Waals surface area contributed by atoms with Crippen LogP contribution in [0.25, 0.3) is 0 Å². The Balaban J connectivity index is 2.03. The Hall–Kier alpha value is -3.04. The number of alkyl halides is 2. The van der Waals surface area contributed by atoms with Gasteiger partial charge in [0.05, 0.1) is 4.92 Å². The number of amides is 1. The second kappa shape index (κ2) is 7.69. The molecule has 1 N–H and O–H groups in total. The number of hydrogen-bond donors (Lipinski definition) is 1. The average molecular weight is 354 g/mol. The summed E-state index contributed by atoms with van der Waals surface area (Å²) in [7, 11) is 0. The van der Waals surface area contributed by atoms with E-state index in [1.165, 1.54) is 30.7 Å². The summed E-state index contributed by atoms with van der Waals surface area (Å²) in [6.45, 7) is -0.233. The van der Waals surface area contributed by atoms with Gasteiger partial charge in [-0.05, 0) is 19.9 Å². The molecule has 0 aliphatic heterocycles. The number of ether oxygens (including phenoxy) is 1. The molecule has 1 amide bonds. The Morgan fingerprint density at radius 2 is 2.08 bits per heavy atom. The number of halogens is 2. The second-order valence-corrected chi connectivity index (χ2v) is 5.20. The average Bonchev–Trinajstić information content (AvgIpc) is 2.80. The number of carbonyl (C=O) groups is 1. The quantitative estimate of drug-likeness (QED) is 0.608. The van der Waals surface area contributed by atoms with Crippen LogP contribution in [-0.4, -0.2) is 27.2 Å². The van der Waals surface area contributed by atoms with E-state index in [9.17, 15) is 23.7 Å². The molecule has 8 nitrogen and oxygen atoms in total. The van der Waals surface area contributed by atoms with Gasteiger partial charge in [0.2, 0.25) is 5.91 Å². The number of nitrogens with zero attached hydrogens (tertiary/aromatic N) is 3. The first-order chi connectivity index (χ1) is 11.8. The fourth-order valence-electron chi connectivity index (χ4n) is 2.35. The lowest BCUT2D eigenvalue weighted by Gasteiger charge is -2.11. The molecule has 134 valence electrons. The minimum absolute atomic E-state index is 0.0247. The van der Waals surface area contributed by atoms with Crippen molar-refractivity contribution in [1.29, 1.82) is 0 Å². The van der Waals surface area contributed by atoms with Crippen LogP contribution < -0.4 is 10.1 Å². The number of rotatable bonds is 7. The Kier molecular flexibility index (Phi) is 5.63. The van der Waals surface area contributed by atoms with Crippen LogP contribution in [0.5, 0.6) is 5.75 Å². The number of hydrogen-bond acceptors (Lipinski definition) is 5. The van der Waals surface area contributed by atoms with Crippen molar-refractivity contribution >= 4 is 11.6 Å². The molecule has 2 rings (SSSR count). The van der Waals surface area contributed by atoms with Crippen molar-refractivity contribution in [3.63, 3.8) is 0 Å². The van der Waals surface area contributed by atoms with Crippen molar-refractivity contribution in [1.82, 2.24) is 15.1 Å². The Morgan fingerprint density at radius 3 is 2.68 bits per heavy atom. The molecule has 10 heteroatoms. The molecular formula is C15H16F2N4O4. The van der Waals surface area contributed by atoms with E-state index in [1.807, 2.05) is 0 Å². The molecule has 0 bridgehead atoms. The Morgan fingerprint density at radius 1 is 1.40 bits per heavy atom. The monoisotopic (exact) mass is 354 g/mol. The third-order valence-electron chi connectivity index (χ3n) is 3.48. The van der Waals surface area contributed by atoms with E-state index < -0.39 is 17.4 Å². The molecule has 1 heterocycles. The van der Waals surface area contributed by atoms with Gasteiger partial charge in [0, 0.05) is 12.1 Å². The predicted octanol–water partition coefficient (Wildman–Crippen LogP) is 2.33. The van der Waals surface area contributed by atoms with Crippen LogP contribution in [0, 0.1) is 24.0 Å². The van der Waals surface area contributed by atoms with E-state index in [2.05, 4.69) is 15.2 Å². The highest BCUT2D eigenvalue weighted by Crippen LogP contribution is 2.22. The topological polar surface area (TPSA) is 99.3 Å². The van der Waals surface area contributed by atoms with Crippen LogP contribution in [0.2, 0.25) is 0 Å². The van der Waals surface area contributed by atoms with Crippen molar-refractivity contribution in [2.45, 2.75) is 33.5 Å². The lowest BCUT2D eigenvalue weighted by atomic mass is 10.2. The van der Waals surface area contributed by atoms with Crippen LogP contribution in [0.15, 0.2) is 24.3 Å². The molecule has 0 aliphatic rings. The van der Waals surface area contributed by atoms with Crippen molar-refractivity contribution in [3.8, 4) is 5.75 Å². The molecular weight excluding hydrogens is 338 g/mol. The zero-order chi connectivity index (χ0) is 18.6. The summed E-state index contributed by atoms with van der Waals surface area (Å²) >= 11 is 0. The molecule has 0 atom stereocenters. The molecule has 1 aromatic heterocycles. The van der Waals surface area contributed by atoms with Gasteiger partial charge in [-0.2, -0.15) is 13.9 Å². The first-order valence-electron chi connectivity index (χ1n) is 7.27. The third kappa shape index (κ3) is 4.49. The lowest BCUT2D eigenvalue weighted by Crippen LogP contribution is -2.28. The highest BCUT2D eigenvalue weighted by Gasteiger charge is 2.22. The molecule has 0 saturated carbocycles. The Bertz CT molecular complexity index is 792. The summed E-state index contributed by atoms with van der Waals surface area (Å²) in [5.41, 5.74) is 0.726. The summed E-state index contributed by atoms with van der Waals surface area (Å²) in [4.78, 5) is 22.4. The summed E-state index contributed by atoms with van der Waals surface area (Å²) in [5.74, 6) is -0.494. The van der Waals surface area contributed by atoms with Gasteiger partial charge in [-0.3, -0.25) is 19.6 Å². The molecule has 0 unspecified atom stereocenters. The molecule has 25 heavy (non-hydrogen) atoms. The second-order valence-electron chi connectivity index (χ2n) is 5.20. The van der Waals surface area contributed by atoms with Crippen LogP contribution in [0.3, 0.4) is 0 Å². The highest BCUT2D eigenvalue weighted by atomic mass is 19.3. The van der Waals surface area contributed by atoms with Crippen molar-refractivity contribution in [2.24, 2.45) is 0 Å². The molecule has 1 aromatic carbocycles. The fourth-order valence-corrected chi connectivity index (χ4v) is 2.35. The van der Waals surface area contributed by atoms with Gasteiger partial charge in [0.25, 0.3) is 0 Å². The molecule has 0 radical (unpaired) electrons. The van der Waals surface area contributed by atoms with Crippen molar-refractivity contribution < 1.29 is 23.2 Å². The Labute approximate surface area is 141 Å². The van der Waals surface area contributed by atoms with Gasteiger partial charge in [0.1, 0.15) is 23.7 Å². The SMILES string of the molecule is Cc1nn(CC(=O)NCc2ccccc2OC(F)F)c(C)c1[N+](=O)[O-]. The van der Waals surface area contributed by atoms with Gasteiger partial charge in [0.15, 0.2) is 0 Å². The van der Waals surface area contributed by atoms with Crippen LogP contribution >= 0.6 is 0 Å². The van der Waals surface area contributed by atoms with Crippen molar-refractivity contribution in [3.05, 3.63) is 51.3 Å². The minimum atomic E-state index is -2.97. The van der Waals surface area contributed by atoms with E-state index in [0.29, 0.717) is 5.56 Å². The van der Waals surface area contributed by atoms with Crippen LogP contribution in [0.1, 0.15) is 17.0 Å². The summed E-state index contributed by atoms with van der Waals surface area (Å²) in [5, 5.41) is 17.5. The highest BCUT2D eigenvalue weighted by molar-refractivity contribution is 5.76. The zero-order valence-corrected chi connectivity index (χ0v) is 13.5. The minimum Gasteiger partial charge on any atom is -0.434 e. The number of carbonyl (C=O) groups excluding carboxylic acids is 1. The van der Waals surface area contributed by atoms with Crippen molar-refractivity contribution in [2.75, 3.05) is 0 Å². The van der Waals surface area contributed by atoms with E-state index >= 15 is 0 Å². The van der Waals surface area contributed by atoms with E-state index in [-0.39, 0.29) is 35.9 Å². The largest absolute Gasteiger partial charge is 0.434 e. The van der Waals surface area contributed by atoms with Gasteiger partial charge >= 0.3 is 12.3 Å². The standard InChI is InChI=1S/C15H16F2N4O4/c1-9-14(21(23)24)10(2)20(19-9)8-13(22)18-7-11-5-3-4-6-12(11)25-15(16)17/h3-6,15H,7-8H2,1-2H3,(H,18,22). The number of para-hydroxylation sites is 1.